The number of hydrogen-bond donors (Lipinski definition) is 1. The van der Waals surface area contributed by atoms with Crippen LogP contribution in [0.3, 0.4) is 0 Å². The number of anilines is 1. The zero-order valence-corrected chi connectivity index (χ0v) is 12.2. The van der Waals surface area contributed by atoms with Gasteiger partial charge < -0.3 is 10.2 Å². The van der Waals surface area contributed by atoms with Crippen LogP contribution in [0.1, 0.15) is 50.2 Å². The van der Waals surface area contributed by atoms with E-state index in [-0.39, 0.29) is 0 Å². The van der Waals surface area contributed by atoms with E-state index in [1.807, 2.05) is 6.20 Å². The van der Waals surface area contributed by atoms with Gasteiger partial charge in [-0.1, -0.05) is 20.3 Å². The smallest absolute Gasteiger partial charge is 0.132 e. The van der Waals surface area contributed by atoms with Crippen molar-refractivity contribution >= 4 is 5.82 Å². The monoisotopic (exact) mass is 259 g/mol. The molecule has 2 atom stereocenters. The summed E-state index contributed by atoms with van der Waals surface area (Å²) < 4.78 is 0. The van der Waals surface area contributed by atoms with Crippen LogP contribution in [0.2, 0.25) is 0 Å². The maximum absolute atomic E-state index is 4.70. The Morgan fingerprint density at radius 1 is 1.53 bits per heavy atom. The van der Waals surface area contributed by atoms with Crippen LogP contribution in [0.25, 0.3) is 0 Å². The SMILES string of the molecule is CCCC(C)c1ccnc2c1CC[C@@H]1CNCCN21. The van der Waals surface area contributed by atoms with Crippen molar-refractivity contribution < 1.29 is 0 Å². The lowest BCUT2D eigenvalue weighted by Gasteiger charge is -2.42. The summed E-state index contributed by atoms with van der Waals surface area (Å²) in [5.74, 6) is 1.94. The van der Waals surface area contributed by atoms with Crippen molar-refractivity contribution in [3.05, 3.63) is 23.4 Å². The predicted octanol–water partition coefficient (Wildman–Crippen LogP) is 2.71. The van der Waals surface area contributed by atoms with Crippen molar-refractivity contribution in [2.75, 3.05) is 24.5 Å². The molecule has 19 heavy (non-hydrogen) atoms. The van der Waals surface area contributed by atoms with Gasteiger partial charge in [0.15, 0.2) is 0 Å². The summed E-state index contributed by atoms with van der Waals surface area (Å²) in [7, 11) is 0. The largest absolute Gasteiger partial charge is 0.351 e. The molecular formula is C16H25N3. The van der Waals surface area contributed by atoms with Crippen molar-refractivity contribution in [2.45, 2.75) is 51.5 Å². The molecule has 0 radical (unpaired) electrons. The Hall–Kier alpha value is -1.09. The van der Waals surface area contributed by atoms with Crippen LogP contribution >= 0.6 is 0 Å². The molecule has 2 aliphatic rings. The van der Waals surface area contributed by atoms with Gasteiger partial charge in [-0.2, -0.15) is 0 Å². The Morgan fingerprint density at radius 2 is 2.42 bits per heavy atom. The van der Waals surface area contributed by atoms with Gasteiger partial charge in [0.2, 0.25) is 0 Å². The zero-order valence-electron chi connectivity index (χ0n) is 12.2. The molecular weight excluding hydrogens is 234 g/mol. The van der Waals surface area contributed by atoms with Crippen LogP contribution in [0.5, 0.6) is 0 Å². The van der Waals surface area contributed by atoms with Crippen molar-refractivity contribution in [2.24, 2.45) is 0 Å². The molecule has 1 saturated heterocycles. The number of nitrogens with zero attached hydrogens (tertiary/aromatic N) is 2. The predicted molar refractivity (Wildman–Crippen MR) is 79.9 cm³/mol. The molecule has 0 aromatic carbocycles. The minimum absolute atomic E-state index is 0.658. The van der Waals surface area contributed by atoms with E-state index >= 15 is 0 Å². The van der Waals surface area contributed by atoms with Crippen molar-refractivity contribution in [1.82, 2.24) is 10.3 Å². The lowest BCUT2D eigenvalue weighted by atomic mass is 9.87. The molecule has 0 aliphatic carbocycles. The molecule has 104 valence electrons. The van der Waals surface area contributed by atoms with Crippen LogP contribution in [0.15, 0.2) is 12.3 Å². The molecule has 1 fully saturated rings. The lowest BCUT2D eigenvalue weighted by Crippen LogP contribution is -2.53. The maximum Gasteiger partial charge on any atom is 0.132 e. The maximum atomic E-state index is 4.70. The molecule has 1 aromatic heterocycles. The molecule has 3 nitrogen and oxygen atoms in total. The average molecular weight is 259 g/mol. The third kappa shape index (κ3) is 2.36. The summed E-state index contributed by atoms with van der Waals surface area (Å²) in [6.07, 6.45) is 7.04. The van der Waals surface area contributed by atoms with E-state index < -0.39 is 0 Å². The minimum atomic E-state index is 0.658. The van der Waals surface area contributed by atoms with Gasteiger partial charge in [-0.05, 0) is 42.4 Å². The molecule has 0 saturated carbocycles. The quantitative estimate of drug-likeness (QED) is 0.904. The van der Waals surface area contributed by atoms with Gasteiger partial charge in [-0.25, -0.2) is 4.98 Å². The van der Waals surface area contributed by atoms with Gasteiger partial charge in [0.05, 0.1) is 0 Å². The number of aromatic nitrogens is 1. The summed E-state index contributed by atoms with van der Waals surface area (Å²) >= 11 is 0. The summed E-state index contributed by atoms with van der Waals surface area (Å²) in [4.78, 5) is 7.24. The van der Waals surface area contributed by atoms with E-state index in [1.165, 1.54) is 37.1 Å². The number of piperazine rings is 1. The van der Waals surface area contributed by atoms with E-state index in [0.29, 0.717) is 12.0 Å². The van der Waals surface area contributed by atoms with Crippen LogP contribution in [-0.2, 0) is 6.42 Å². The number of fused-ring (bicyclic) bond motifs is 3. The third-order valence-corrected chi connectivity index (χ3v) is 4.67. The van der Waals surface area contributed by atoms with E-state index in [0.717, 1.165) is 19.6 Å². The van der Waals surface area contributed by atoms with Gasteiger partial charge in [0, 0.05) is 31.9 Å². The first-order chi connectivity index (χ1) is 9.31. The van der Waals surface area contributed by atoms with Gasteiger partial charge in [-0.3, -0.25) is 0 Å². The first kappa shape index (κ1) is 12.9. The van der Waals surface area contributed by atoms with Crippen LogP contribution in [0, 0.1) is 0 Å². The Kier molecular flexibility index (Phi) is 3.74. The Balaban J connectivity index is 1.94. The Labute approximate surface area is 116 Å². The topological polar surface area (TPSA) is 28.2 Å². The fraction of sp³-hybridized carbons (Fsp3) is 0.688. The first-order valence-corrected chi connectivity index (χ1v) is 7.76. The fourth-order valence-corrected chi connectivity index (χ4v) is 3.66. The first-order valence-electron chi connectivity index (χ1n) is 7.76. The molecule has 0 amide bonds. The second-order valence-corrected chi connectivity index (χ2v) is 5.98. The highest BCUT2D eigenvalue weighted by Gasteiger charge is 2.31. The number of nitrogens with one attached hydrogen (secondary N) is 1. The van der Waals surface area contributed by atoms with Crippen LogP contribution < -0.4 is 10.2 Å². The highest BCUT2D eigenvalue weighted by atomic mass is 15.3. The lowest BCUT2D eigenvalue weighted by molar-refractivity contribution is 0.433. The molecule has 3 heterocycles. The van der Waals surface area contributed by atoms with Gasteiger partial charge >= 0.3 is 0 Å². The number of hydrogen-bond acceptors (Lipinski definition) is 3. The summed E-state index contributed by atoms with van der Waals surface area (Å²) in [5.41, 5.74) is 3.07. The molecule has 0 spiro atoms. The van der Waals surface area contributed by atoms with Crippen LogP contribution in [0.4, 0.5) is 5.82 Å². The molecule has 2 aliphatic heterocycles. The van der Waals surface area contributed by atoms with Gasteiger partial charge in [-0.15, -0.1) is 0 Å². The molecule has 1 aromatic rings. The zero-order chi connectivity index (χ0) is 13.2. The highest BCUT2D eigenvalue weighted by molar-refractivity contribution is 5.55. The fourth-order valence-electron chi connectivity index (χ4n) is 3.66. The number of rotatable bonds is 3. The summed E-state index contributed by atoms with van der Waals surface area (Å²) in [6, 6.07) is 2.91. The van der Waals surface area contributed by atoms with Crippen molar-refractivity contribution in [1.29, 1.82) is 0 Å². The minimum Gasteiger partial charge on any atom is -0.351 e. The molecule has 1 unspecified atom stereocenters. The third-order valence-electron chi connectivity index (χ3n) is 4.67. The van der Waals surface area contributed by atoms with E-state index in [4.69, 9.17) is 4.98 Å². The molecule has 1 N–H and O–H groups in total. The van der Waals surface area contributed by atoms with Gasteiger partial charge in [0.1, 0.15) is 5.82 Å². The van der Waals surface area contributed by atoms with Crippen LogP contribution in [-0.4, -0.2) is 30.7 Å². The molecule has 0 bridgehead atoms. The van der Waals surface area contributed by atoms with E-state index in [9.17, 15) is 0 Å². The summed E-state index contributed by atoms with van der Waals surface area (Å²) in [5, 5.41) is 3.50. The average Bonchev–Trinajstić information content (AvgIpc) is 2.46. The molecule has 3 rings (SSSR count). The number of pyridine rings is 1. The summed E-state index contributed by atoms with van der Waals surface area (Å²) in [6.45, 7) is 7.96. The highest BCUT2D eigenvalue weighted by Crippen LogP contribution is 2.35. The van der Waals surface area contributed by atoms with Crippen molar-refractivity contribution in [3.8, 4) is 0 Å². The normalized spacial score (nSPS) is 23.7. The standard InChI is InChI=1S/C16H25N3/c1-3-4-12(2)14-7-8-18-16-15(14)6-5-13-11-17-9-10-19(13)16/h7-8,12-13,17H,3-6,9-11H2,1-2H3/t12?,13-/m1/s1. The van der Waals surface area contributed by atoms with E-state index in [1.54, 1.807) is 5.56 Å². The van der Waals surface area contributed by atoms with Gasteiger partial charge in [0.25, 0.3) is 0 Å². The van der Waals surface area contributed by atoms with Crippen molar-refractivity contribution in [3.63, 3.8) is 0 Å². The van der Waals surface area contributed by atoms with E-state index in [2.05, 4.69) is 30.1 Å². The second kappa shape index (κ2) is 5.49. The Bertz CT molecular complexity index is 444. The second-order valence-electron chi connectivity index (χ2n) is 5.98. The Morgan fingerprint density at radius 3 is 3.26 bits per heavy atom. The molecule has 3 heteroatoms.